The number of aromatic nitrogens is 4. The van der Waals surface area contributed by atoms with E-state index in [0.29, 0.717) is 23.0 Å². The first-order valence-electron chi connectivity index (χ1n) is 12.6. The van der Waals surface area contributed by atoms with E-state index >= 15 is 4.39 Å². The van der Waals surface area contributed by atoms with Gasteiger partial charge in [0.2, 0.25) is 5.88 Å². The number of pyridine rings is 1. The zero-order chi connectivity index (χ0) is 27.5. The van der Waals surface area contributed by atoms with Crippen molar-refractivity contribution >= 4 is 61.3 Å². The van der Waals surface area contributed by atoms with Gasteiger partial charge in [-0.2, -0.15) is 0 Å². The summed E-state index contributed by atoms with van der Waals surface area (Å²) >= 11 is 2.26. The molecule has 1 aromatic carbocycles. The molecule has 2 aliphatic rings. The van der Waals surface area contributed by atoms with Crippen molar-refractivity contribution < 1.29 is 23.0 Å². The Hall–Kier alpha value is -3.32. The lowest BCUT2D eigenvalue weighted by Crippen LogP contribution is -2.42. The smallest absolute Gasteiger partial charge is 0.413 e. The van der Waals surface area contributed by atoms with Gasteiger partial charge in [-0.05, 0) is 58.4 Å². The van der Waals surface area contributed by atoms with Gasteiger partial charge in [-0.25, -0.2) is 33.5 Å². The first-order valence-corrected chi connectivity index (χ1v) is 14.6. The molecule has 0 unspecified atom stereocenters. The predicted molar refractivity (Wildman–Crippen MR) is 148 cm³/mol. The van der Waals surface area contributed by atoms with E-state index < -0.39 is 23.3 Å². The number of fused-ring (bicyclic) bond motifs is 3. The van der Waals surface area contributed by atoms with Crippen LogP contribution < -0.4 is 15.0 Å². The summed E-state index contributed by atoms with van der Waals surface area (Å²) in [5, 5.41) is 3.53. The van der Waals surface area contributed by atoms with Gasteiger partial charge in [-0.1, -0.05) is 23.1 Å². The minimum atomic E-state index is -0.724. The van der Waals surface area contributed by atoms with Crippen LogP contribution >= 0.6 is 23.1 Å². The Morgan fingerprint density at radius 2 is 2.00 bits per heavy atom. The van der Waals surface area contributed by atoms with Gasteiger partial charge in [0.05, 0.1) is 16.3 Å². The lowest BCUT2D eigenvalue weighted by molar-refractivity contribution is 0.0636. The summed E-state index contributed by atoms with van der Waals surface area (Å²) in [4.78, 5) is 32.7. The van der Waals surface area contributed by atoms with Gasteiger partial charge in [0.1, 0.15) is 40.4 Å². The maximum atomic E-state index is 16.3. The van der Waals surface area contributed by atoms with Crippen molar-refractivity contribution in [2.75, 3.05) is 29.6 Å². The van der Waals surface area contributed by atoms with Crippen LogP contribution in [0, 0.1) is 11.6 Å². The fraction of sp³-hybridized carbons (Fsp3) is 0.423. The molecule has 4 aromatic rings. The summed E-state index contributed by atoms with van der Waals surface area (Å²) in [6.45, 7) is 6.38. The zero-order valence-corrected chi connectivity index (χ0v) is 23.4. The monoisotopic (exact) mass is 572 g/mol. The Kier molecular flexibility index (Phi) is 6.45. The quantitative estimate of drug-likeness (QED) is 0.221. The number of benzene rings is 1. The van der Waals surface area contributed by atoms with Crippen molar-refractivity contribution in [3.05, 3.63) is 23.8 Å². The van der Waals surface area contributed by atoms with Crippen LogP contribution in [-0.2, 0) is 4.74 Å². The largest absolute Gasteiger partial charge is 0.475 e. The second-order valence-electron chi connectivity index (χ2n) is 10.4. The van der Waals surface area contributed by atoms with Gasteiger partial charge in [-0.15, -0.1) is 0 Å². The number of carbonyl (C=O) groups excluding carboxylic acids is 1. The van der Waals surface area contributed by atoms with Crippen LogP contribution in [0.15, 0.2) is 17.3 Å². The Labute approximate surface area is 231 Å². The molecule has 2 aliphatic heterocycles. The zero-order valence-electron chi connectivity index (χ0n) is 21.8. The highest BCUT2D eigenvalue weighted by Gasteiger charge is 2.34. The molecule has 0 saturated carbocycles. The number of ether oxygens (including phenoxy) is 2. The molecule has 9 nitrogen and oxygen atoms in total. The standard InChI is InChI=1S/C26H26F2N6O3S2/c1-26(2,3)37-25(35)33-24-30-18-13(8-9-14(27)20(18)39-24)17-16(28)19-15-21(32-23(31-19)38-4)34-10-6-5-7-12(34)11-36-22(15)29-17/h8-9,12H,5-7,10-11H2,1-4H3,(H,30,33,35)/t12-/m0/s1. The number of amides is 1. The van der Waals surface area contributed by atoms with Gasteiger partial charge >= 0.3 is 6.09 Å². The minimum Gasteiger partial charge on any atom is -0.475 e. The molecule has 0 bridgehead atoms. The maximum absolute atomic E-state index is 16.3. The maximum Gasteiger partial charge on any atom is 0.413 e. The average molecular weight is 573 g/mol. The molecule has 0 radical (unpaired) electrons. The molecule has 39 heavy (non-hydrogen) atoms. The fourth-order valence-electron chi connectivity index (χ4n) is 4.92. The second-order valence-corrected chi connectivity index (χ2v) is 12.2. The summed E-state index contributed by atoms with van der Waals surface area (Å²) < 4.78 is 42.8. The van der Waals surface area contributed by atoms with Gasteiger partial charge in [0, 0.05) is 12.1 Å². The molecule has 204 valence electrons. The third-order valence-electron chi connectivity index (χ3n) is 6.57. The second kappa shape index (κ2) is 9.70. The highest BCUT2D eigenvalue weighted by molar-refractivity contribution is 7.98. The number of anilines is 2. The van der Waals surface area contributed by atoms with E-state index in [-0.39, 0.29) is 44.0 Å². The van der Waals surface area contributed by atoms with E-state index in [1.54, 1.807) is 20.8 Å². The molecule has 13 heteroatoms. The number of halogens is 2. The van der Waals surface area contributed by atoms with E-state index in [9.17, 15) is 9.18 Å². The van der Waals surface area contributed by atoms with Crippen LogP contribution in [0.3, 0.4) is 0 Å². The SMILES string of the molecule is CSc1nc2c3c(nc(-c4ccc(F)c5sc(NC(=O)OC(C)(C)C)nc45)c(F)c3n1)OC[C@@H]1CCCCN21. The molecule has 1 atom stereocenters. The van der Waals surface area contributed by atoms with Crippen molar-refractivity contribution in [3.8, 4) is 17.1 Å². The molecule has 1 saturated heterocycles. The Morgan fingerprint density at radius 3 is 2.77 bits per heavy atom. The number of thioether (sulfide) groups is 1. The van der Waals surface area contributed by atoms with Crippen LogP contribution in [-0.4, -0.2) is 57.1 Å². The summed E-state index contributed by atoms with van der Waals surface area (Å²) in [5.74, 6) is -0.362. The average Bonchev–Trinajstić information content (AvgIpc) is 3.24. The molecule has 1 N–H and O–H groups in total. The van der Waals surface area contributed by atoms with Gasteiger partial charge in [0.25, 0.3) is 0 Å². The topological polar surface area (TPSA) is 102 Å². The van der Waals surface area contributed by atoms with E-state index in [1.807, 2.05) is 6.26 Å². The Bertz CT molecular complexity index is 1620. The van der Waals surface area contributed by atoms with Gasteiger partial charge in [0.15, 0.2) is 16.1 Å². The lowest BCUT2D eigenvalue weighted by Gasteiger charge is -2.34. The first-order chi connectivity index (χ1) is 18.6. The van der Waals surface area contributed by atoms with E-state index in [1.165, 1.54) is 23.9 Å². The van der Waals surface area contributed by atoms with E-state index in [0.717, 1.165) is 37.1 Å². The number of nitrogens with zero attached hydrogens (tertiary/aromatic N) is 5. The van der Waals surface area contributed by atoms with Crippen LogP contribution in [0.1, 0.15) is 40.0 Å². The molecule has 5 heterocycles. The highest BCUT2D eigenvalue weighted by Crippen LogP contribution is 2.43. The summed E-state index contributed by atoms with van der Waals surface area (Å²) in [7, 11) is 0. The summed E-state index contributed by atoms with van der Waals surface area (Å²) in [6, 6.07) is 2.76. The molecular formula is C26H26F2N6O3S2. The van der Waals surface area contributed by atoms with Crippen LogP contribution in [0.2, 0.25) is 0 Å². The number of hydrogen-bond donors (Lipinski definition) is 1. The lowest BCUT2D eigenvalue weighted by atomic mass is 10.0. The first kappa shape index (κ1) is 25.9. The molecule has 6 rings (SSSR count). The summed E-state index contributed by atoms with van der Waals surface area (Å²) in [5.41, 5.74) is -0.273. The number of rotatable bonds is 3. The van der Waals surface area contributed by atoms with Crippen LogP contribution in [0.4, 0.5) is 24.5 Å². The number of nitrogens with one attached hydrogen (secondary N) is 1. The van der Waals surface area contributed by atoms with Crippen molar-refractivity contribution in [1.29, 1.82) is 0 Å². The van der Waals surface area contributed by atoms with Crippen molar-refractivity contribution in [3.63, 3.8) is 0 Å². The predicted octanol–water partition coefficient (Wildman–Crippen LogP) is 6.40. The third kappa shape index (κ3) is 4.71. The number of hydrogen-bond acceptors (Lipinski definition) is 10. The van der Waals surface area contributed by atoms with E-state index in [4.69, 9.17) is 14.5 Å². The van der Waals surface area contributed by atoms with Gasteiger partial charge < -0.3 is 14.4 Å². The Balaban J connectivity index is 1.52. The van der Waals surface area contributed by atoms with Crippen molar-refractivity contribution in [2.24, 2.45) is 0 Å². The minimum absolute atomic E-state index is 0.0619. The van der Waals surface area contributed by atoms with E-state index in [2.05, 4.69) is 25.2 Å². The summed E-state index contributed by atoms with van der Waals surface area (Å²) in [6.07, 6.45) is 4.14. The Morgan fingerprint density at radius 1 is 1.18 bits per heavy atom. The molecule has 3 aromatic heterocycles. The number of thiazole rings is 1. The number of carbonyl (C=O) groups is 1. The highest BCUT2D eigenvalue weighted by atomic mass is 32.2. The van der Waals surface area contributed by atoms with Crippen LogP contribution in [0.5, 0.6) is 5.88 Å². The molecule has 1 fully saturated rings. The molecule has 0 spiro atoms. The number of piperidine rings is 1. The van der Waals surface area contributed by atoms with Crippen molar-refractivity contribution in [2.45, 2.75) is 56.8 Å². The van der Waals surface area contributed by atoms with Crippen molar-refractivity contribution in [1.82, 2.24) is 19.9 Å². The van der Waals surface area contributed by atoms with Crippen LogP contribution in [0.25, 0.3) is 32.4 Å². The third-order valence-corrected chi connectivity index (χ3v) is 8.09. The normalized spacial score (nSPS) is 17.1. The molecule has 1 amide bonds. The molecular weight excluding hydrogens is 546 g/mol. The fourth-order valence-corrected chi connectivity index (χ4v) is 6.17. The molecule has 0 aliphatic carbocycles. The van der Waals surface area contributed by atoms with Gasteiger partial charge in [-0.3, -0.25) is 5.32 Å².